The van der Waals surface area contributed by atoms with Gasteiger partial charge in [-0.05, 0) is 29.8 Å². The number of benzene rings is 1. The molecular formula is C20H15ClN4O2S. The van der Waals surface area contributed by atoms with Crippen LogP contribution < -0.4 is 10.9 Å². The van der Waals surface area contributed by atoms with Gasteiger partial charge in [0, 0.05) is 17.3 Å². The Morgan fingerprint density at radius 1 is 1.11 bits per heavy atom. The second-order valence-corrected chi connectivity index (χ2v) is 7.75. The van der Waals surface area contributed by atoms with Crippen molar-refractivity contribution in [2.24, 2.45) is 0 Å². The van der Waals surface area contributed by atoms with E-state index in [9.17, 15) is 9.59 Å². The molecule has 0 bridgehead atoms. The highest BCUT2D eigenvalue weighted by Gasteiger charge is 2.10. The average Bonchev–Trinajstić information content (AvgIpc) is 3.36. The van der Waals surface area contributed by atoms with Gasteiger partial charge in [-0.3, -0.25) is 9.59 Å². The van der Waals surface area contributed by atoms with Crippen molar-refractivity contribution in [3.8, 4) is 22.5 Å². The smallest absolute Gasteiger partial charge is 0.261 e. The zero-order valence-electron chi connectivity index (χ0n) is 14.5. The number of aromatic amines is 2. The number of carbonyl (C=O) groups is 1. The van der Waals surface area contributed by atoms with Gasteiger partial charge in [-0.15, -0.1) is 11.3 Å². The first-order valence-electron chi connectivity index (χ1n) is 8.46. The van der Waals surface area contributed by atoms with Gasteiger partial charge in [0.2, 0.25) is 0 Å². The molecule has 3 N–H and O–H groups in total. The third kappa shape index (κ3) is 3.90. The third-order valence-corrected chi connectivity index (χ3v) is 5.38. The number of amides is 1. The Kier molecular flexibility index (Phi) is 5.10. The number of hydrogen-bond donors (Lipinski definition) is 3. The molecule has 0 saturated carbocycles. The quantitative estimate of drug-likeness (QED) is 0.463. The fourth-order valence-corrected chi connectivity index (χ4v) is 3.71. The maximum atomic E-state index is 12.1. The Morgan fingerprint density at radius 3 is 2.61 bits per heavy atom. The fourth-order valence-electron chi connectivity index (χ4n) is 2.75. The van der Waals surface area contributed by atoms with Crippen molar-refractivity contribution in [1.29, 1.82) is 0 Å². The van der Waals surface area contributed by atoms with Crippen molar-refractivity contribution in [2.75, 3.05) is 0 Å². The molecule has 3 heterocycles. The SMILES string of the molecule is O=C(NCc1cnc(-c2ccc(-c3ccc[nH]c3=O)cc2)[nH]1)c1ccc(Cl)s1. The van der Waals surface area contributed by atoms with Crippen molar-refractivity contribution in [2.45, 2.75) is 6.54 Å². The Bertz CT molecular complexity index is 1180. The third-order valence-electron chi connectivity index (χ3n) is 4.15. The minimum absolute atomic E-state index is 0.127. The first-order valence-corrected chi connectivity index (χ1v) is 9.65. The van der Waals surface area contributed by atoms with Gasteiger partial charge in [-0.1, -0.05) is 35.9 Å². The van der Waals surface area contributed by atoms with E-state index in [0.717, 1.165) is 16.8 Å². The number of nitrogens with one attached hydrogen (secondary N) is 3. The molecule has 28 heavy (non-hydrogen) atoms. The van der Waals surface area contributed by atoms with Crippen LogP contribution in [-0.4, -0.2) is 20.9 Å². The number of pyridine rings is 1. The standard InChI is InChI=1S/C20H15ClN4O2S/c21-17-8-7-16(28-17)20(27)24-11-14-10-23-18(25-14)13-5-3-12(4-6-13)15-2-1-9-22-19(15)26/h1-10H,11H2,(H,22,26)(H,23,25)(H,24,27). The van der Waals surface area contributed by atoms with Gasteiger partial charge in [-0.25, -0.2) is 4.98 Å². The lowest BCUT2D eigenvalue weighted by Crippen LogP contribution is -2.21. The molecular weight excluding hydrogens is 396 g/mol. The summed E-state index contributed by atoms with van der Waals surface area (Å²) in [5.74, 6) is 0.516. The first kappa shape index (κ1) is 18.2. The van der Waals surface area contributed by atoms with Crippen LogP contribution in [0.5, 0.6) is 0 Å². The predicted octanol–water partition coefficient (Wildman–Crippen LogP) is 4.08. The normalized spacial score (nSPS) is 10.8. The van der Waals surface area contributed by atoms with E-state index >= 15 is 0 Å². The molecule has 0 aliphatic carbocycles. The van der Waals surface area contributed by atoms with E-state index in [1.807, 2.05) is 24.3 Å². The van der Waals surface area contributed by atoms with Gasteiger partial charge in [0.25, 0.3) is 11.5 Å². The summed E-state index contributed by atoms with van der Waals surface area (Å²) in [6.45, 7) is 0.332. The van der Waals surface area contributed by atoms with Crippen LogP contribution in [0, 0.1) is 0 Å². The van der Waals surface area contributed by atoms with E-state index < -0.39 is 0 Å². The van der Waals surface area contributed by atoms with Crippen molar-refractivity contribution in [3.05, 3.63) is 86.2 Å². The monoisotopic (exact) mass is 410 g/mol. The van der Waals surface area contributed by atoms with E-state index in [-0.39, 0.29) is 11.5 Å². The molecule has 1 aromatic carbocycles. The summed E-state index contributed by atoms with van der Waals surface area (Å²) in [7, 11) is 0. The molecule has 0 atom stereocenters. The molecule has 4 rings (SSSR count). The Labute approximate surface area is 169 Å². The molecule has 6 nitrogen and oxygen atoms in total. The number of thiophene rings is 1. The van der Waals surface area contributed by atoms with Crippen LogP contribution in [-0.2, 0) is 6.54 Å². The fraction of sp³-hybridized carbons (Fsp3) is 0.0500. The van der Waals surface area contributed by atoms with Crippen molar-refractivity contribution < 1.29 is 4.79 Å². The number of carbonyl (C=O) groups excluding carboxylic acids is 1. The molecule has 0 aliphatic heterocycles. The Morgan fingerprint density at radius 2 is 1.89 bits per heavy atom. The number of halogens is 1. The van der Waals surface area contributed by atoms with Gasteiger partial charge < -0.3 is 15.3 Å². The number of imidazole rings is 1. The van der Waals surface area contributed by atoms with Crippen LogP contribution in [0.2, 0.25) is 4.34 Å². The topological polar surface area (TPSA) is 90.6 Å². The van der Waals surface area contributed by atoms with Gasteiger partial charge in [0.15, 0.2) is 0 Å². The number of nitrogens with zero attached hydrogens (tertiary/aromatic N) is 1. The highest BCUT2D eigenvalue weighted by molar-refractivity contribution is 7.17. The summed E-state index contributed by atoms with van der Waals surface area (Å²) in [5.41, 5.74) is 3.00. The molecule has 0 fully saturated rings. The van der Waals surface area contributed by atoms with Gasteiger partial charge in [-0.2, -0.15) is 0 Å². The molecule has 8 heteroatoms. The van der Waals surface area contributed by atoms with Crippen LogP contribution in [0.15, 0.2) is 65.7 Å². The predicted molar refractivity (Wildman–Crippen MR) is 111 cm³/mol. The summed E-state index contributed by atoms with van der Waals surface area (Å²) in [5, 5.41) is 2.83. The van der Waals surface area contributed by atoms with Crippen molar-refractivity contribution in [1.82, 2.24) is 20.3 Å². The van der Waals surface area contributed by atoms with Crippen molar-refractivity contribution >= 4 is 28.8 Å². The maximum Gasteiger partial charge on any atom is 0.261 e. The lowest BCUT2D eigenvalue weighted by Gasteiger charge is -2.03. The Hall–Kier alpha value is -3.16. The maximum absolute atomic E-state index is 12.1. The van der Waals surface area contributed by atoms with E-state index in [1.54, 1.807) is 36.7 Å². The molecule has 0 saturated heterocycles. The summed E-state index contributed by atoms with van der Waals surface area (Å²) in [4.78, 5) is 34.8. The number of aromatic nitrogens is 3. The number of hydrogen-bond acceptors (Lipinski definition) is 4. The molecule has 0 spiro atoms. The summed E-state index contributed by atoms with van der Waals surface area (Å²) < 4.78 is 0.579. The molecule has 0 unspecified atom stereocenters. The zero-order chi connectivity index (χ0) is 19.5. The van der Waals surface area contributed by atoms with Crippen molar-refractivity contribution in [3.63, 3.8) is 0 Å². The van der Waals surface area contributed by atoms with Gasteiger partial charge >= 0.3 is 0 Å². The lowest BCUT2D eigenvalue weighted by atomic mass is 10.1. The molecule has 4 aromatic rings. The largest absolute Gasteiger partial charge is 0.346 e. The average molecular weight is 411 g/mol. The second kappa shape index (κ2) is 7.84. The summed E-state index contributed by atoms with van der Waals surface area (Å²) in [6.07, 6.45) is 3.29. The first-order chi connectivity index (χ1) is 13.6. The number of rotatable bonds is 5. The van der Waals surface area contributed by atoms with Crippen LogP contribution in [0.1, 0.15) is 15.4 Å². The minimum Gasteiger partial charge on any atom is -0.346 e. The van der Waals surface area contributed by atoms with E-state index in [4.69, 9.17) is 11.6 Å². The lowest BCUT2D eigenvalue weighted by molar-refractivity contribution is 0.0954. The summed E-state index contributed by atoms with van der Waals surface area (Å²) in [6, 6.07) is 14.5. The molecule has 0 aliphatic rings. The highest BCUT2D eigenvalue weighted by Crippen LogP contribution is 2.22. The van der Waals surface area contributed by atoms with Crippen LogP contribution in [0.3, 0.4) is 0 Å². The highest BCUT2D eigenvalue weighted by atomic mass is 35.5. The van der Waals surface area contributed by atoms with Crippen LogP contribution >= 0.6 is 22.9 Å². The second-order valence-electron chi connectivity index (χ2n) is 6.03. The minimum atomic E-state index is -0.175. The van der Waals surface area contributed by atoms with Gasteiger partial charge in [0.05, 0.1) is 27.6 Å². The molecule has 140 valence electrons. The molecule has 3 aromatic heterocycles. The molecule has 1 amide bonds. The Balaban J connectivity index is 1.45. The molecule has 0 radical (unpaired) electrons. The van der Waals surface area contributed by atoms with E-state index in [1.165, 1.54) is 11.3 Å². The van der Waals surface area contributed by atoms with Gasteiger partial charge in [0.1, 0.15) is 5.82 Å². The zero-order valence-corrected chi connectivity index (χ0v) is 16.1. The van der Waals surface area contributed by atoms with Crippen LogP contribution in [0.4, 0.5) is 0 Å². The summed E-state index contributed by atoms with van der Waals surface area (Å²) >= 11 is 7.09. The van der Waals surface area contributed by atoms with Crippen LogP contribution in [0.25, 0.3) is 22.5 Å². The van der Waals surface area contributed by atoms with E-state index in [2.05, 4.69) is 20.3 Å². The number of H-pyrrole nitrogens is 2. The van der Waals surface area contributed by atoms with E-state index in [0.29, 0.717) is 27.1 Å².